The van der Waals surface area contributed by atoms with Crippen LogP contribution in [0.3, 0.4) is 0 Å². The Hall–Kier alpha value is -1.35. The van der Waals surface area contributed by atoms with Gasteiger partial charge in [-0.2, -0.15) is 0 Å². The summed E-state index contributed by atoms with van der Waals surface area (Å²) in [5.74, 6) is 0.210. The zero-order valence-electron chi connectivity index (χ0n) is 34.9. The van der Waals surface area contributed by atoms with Crippen LogP contribution in [0.25, 0.3) is 0 Å². The van der Waals surface area contributed by atoms with Crippen molar-refractivity contribution in [3.63, 3.8) is 0 Å². The largest absolute Gasteiger partial charge is 0.458 e. The Labute approximate surface area is 346 Å². The molecular formula is C43H68O16. The number of ether oxygens (including phenoxy) is 7. The Bertz CT molecular complexity index is 1530. The van der Waals surface area contributed by atoms with E-state index in [-0.39, 0.29) is 34.7 Å². The first-order chi connectivity index (χ1) is 28.0. The number of carbonyl (C=O) groups is 1. The molecule has 0 radical (unpaired) electrons. The quantitative estimate of drug-likeness (QED) is 0.124. The van der Waals surface area contributed by atoms with Crippen molar-refractivity contribution in [2.45, 2.75) is 191 Å². The van der Waals surface area contributed by atoms with Crippen molar-refractivity contribution in [2.24, 2.45) is 46.3 Å². The molecule has 8 N–H and O–H groups in total. The molecule has 8 rings (SSSR count). The van der Waals surface area contributed by atoms with Gasteiger partial charge in [0.05, 0.1) is 49.1 Å². The number of aliphatic hydroxyl groups excluding tert-OH is 8. The minimum absolute atomic E-state index is 0.0445. The topological polar surface area (TPSA) is 244 Å². The molecule has 0 aromatic heterocycles. The van der Waals surface area contributed by atoms with E-state index in [2.05, 4.69) is 13.8 Å². The molecule has 24 atom stereocenters. The molecule has 7 fully saturated rings. The van der Waals surface area contributed by atoms with Crippen molar-refractivity contribution in [2.75, 3.05) is 13.2 Å². The third kappa shape index (κ3) is 7.76. The number of carbonyl (C=O) groups excluding carboxylic acids is 1. The fourth-order valence-electron chi connectivity index (χ4n) is 13.0. The standard InChI is InChI=1S/C43H68O16/c1-18-30(46)33(49)26(16-44)39(54-18)58-36-31(47)20(3)56-41(35(36)51)59-37-32(48)19(2)55-40(34(37)50)57-23-10-12-42(4)22(15-23)6-7-24-25-8-9-27(21-14-29(45)53-17-21)43(5,38(25)52)13-11-28(24)42/h14,18-20,22-28,30-41,44,46-52H,6-13,15-17H2,1-5H3. The number of aliphatic hydroxyl groups is 8. The lowest BCUT2D eigenvalue weighted by Crippen LogP contribution is -2.65. The summed E-state index contributed by atoms with van der Waals surface area (Å²) in [7, 11) is 0. The van der Waals surface area contributed by atoms with Gasteiger partial charge in [0, 0.05) is 11.5 Å². The summed E-state index contributed by atoms with van der Waals surface area (Å²) >= 11 is 0. The highest BCUT2D eigenvalue weighted by Crippen LogP contribution is 2.65. The van der Waals surface area contributed by atoms with Crippen LogP contribution in [-0.2, 0) is 38.0 Å². The molecule has 24 unspecified atom stereocenters. The van der Waals surface area contributed by atoms with E-state index in [0.29, 0.717) is 24.4 Å². The van der Waals surface area contributed by atoms with Crippen LogP contribution < -0.4 is 0 Å². The van der Waals surface area contributed by atoms with E-state index in [1.54, 1.807) is 19.9 Å². The van der Waals surface area contributed by atoms with Gasteiger partial charge in [-0.05, 0) is 119 Å². The van der Waals surface area contributed by atoms with Gasteiger partial charge in [-0.1, -0.05) is 13.8 Å². The van der Waals surface area contributed by atoms with Gasteiger partial charge < -0.3 is 74.0 Å². The molecule has 59 heavy (non-hydrogen) atoms. The maximum Gasteiger partial charge on any atom is 0.331 e. The van der Waals surface area contributed by atoms with Crippen molar-refractivity contribution in [3.05, 3.63) is 11.6 Å². The van der Waals surface area contributed by atoms with Gasteiger partial charge in [-0.3, -0.25) is 0 Å². The highest BCUT2D eigenvalue weighted by atomic mass is 16.7. The number of esters is 1. The molecule has 4 heterocycles. The van der Waals surface area contributed by atoms with Crippen molar-refractivity contribution >= 4 is 5.97 Å². The van der Waals surface area contributed by atoms with E-state index < -0.39 is 105 Å². The summed E-state index contributed by atoms with van der Waals surface area (Å²) < 4.78 is 41.6. The van der Waals surface area contributed by atoms with Gasteiger partial charge in [0.25, 0.3) is 0 Å². The third-order valence-corrected chi connectivity index (χ3v) is 16.7. The molecule has 16 heteroatoms. The van der Waals surface area contributed by atoms with Crippen molar-refractivity contribution < 1.29 is 78.8 Å². The first-order valence-corrected chi connectivity index (χ1v) is 22.1. The van der Waals surface area contributed by atoms with Crippen molar-refractivity contribution in [1.29, 1.82) is 0 Å². The second-order valence-corrected chi connectivity index (χ2v) is 19.8. The molecule has 0 aromatic carbocycles. The minimum atomic E-state index is -1.66. The number of hydrogen-bond acceptors (Lipinski definition) is 16. The summed E-state index contributed by atoms with van der Waals surface area (Å²) in [6, 6.07) is 0. The minimum Gasteiger partial charge on any atom is -0.458 e. The fraction of sp³-hybridized carbons (Fsp3) is 0.930. The highest BCUT2D eigenvalue weighted by molar-refractivity contribution is 5.85. The Morgan fingerprint density at radius 1 is 0.661 bits per heavy atom. The summed E-state index contributed by atoms with van der Waals surface area (Å²) in [5.41, 5.74) is 0.755. The van der Waals surface area contributed by atoms with Gasteiger partial charge in [0.1, 0.15) is 49.3 Å². The van der Waals surface area contributed by atoms with E-state index in [4.69, 9.17) is 33.2 Å². The first kappa shape index (κ1) is 44.3. The molecular weight excluding hydrogens is 772 g/mol. The van der Waals surface area contributed by atoms with Gasteiger partial charge >= 0.3 is 5.97 Å². The summed E-state index contributed by atoms with van der Waals surface area (Å²) in [6.07, 6.45) is -8.60. The van der Waals surface area contributed by atoms with Crippen molar-refractivity contribution in [1.82, 2.24) is 0 Å². The summed E-state index contributed by atoms with van der Waals surface area (Å²) in [4.78, 5) is 12.0. The smallest absolute Gasteiger partial charge is 0.331 e. The van der Waals surface area contributed by atoms with E-state index in [0.717, 1.165) is 63.4 Å². The van der Waals surface area contributed by atoms with Crippen LogP contribution in [0.4, 0.5) is 0 Å². The summed E-state index contributed by atoms with van der Waals surface area (Å²) in [5, 5.41) is 88.2. The van der Waals surface area contributed by atoms with Crippen LogP contribution in [0.1, 0.15) is 92.4 Å². The predicted molar refractivity (Wildman–Crippen MR) is 205 cm³/mol. The molecule has 0 spiro atoms. The van der Waals surface area contributed by atoms with Crippen LogP contribution in [0.15, 0.2) is 11.6 Å². The molecule has 4 aliphatic heterocycles. The Kier molecular flexibility index (Phi) is 12.7. The number of hydrogen-bond donors (Lipinski definition) is 8. The van der Waals surface area contributed by atoms with Crippen LogP contribution >= 0.6 is 0 Å². The fourth-order valence-corrected chi connectivity index (χ4v) is 13.0. The first-order valence-electron chi connectivity index (χ1n) is 22.1. The SMILES string of the molecule is CC1OC(OC2C(O)C(C)OC(OC3C(O)C(C)OC(OC4CCC5(C)C(CCC6C7CCC(C8=CC(=O)OC8)C(C)(CCC65)C7O)C4)C3O)C2O)C(CO)C(O)C1O. The number of cyclic esters (lactones) is 1. The zero-order valence-corrected chi connectivity index (χ0v) is 34.9. The van der Waals surface area contributed by atoms with E-state index >= 15 is 0 Å². The Morgan fingerprint density at radius 3 is 1.86 bits per heavy atom. The molecule has 0 aromatic rings. The van der Waals surface area contributed by atoms with E-state index in [9.17, 15) is 45.6 Å². The van der Waals surface area contributed by atoms with E-state index in [1.165, 1.54) is 6.92 Å². The average molecular weight is 841 g/mol. The highest BCUT2D eigenvalue weighted by Gasteiger charge is 2.60. The lowest BCUT2D eigenvalue weighted by atomic mass is 9.49. The van der Waals surface area contributed by atoms with Gasteiger partial charge in [-0.15, -0.1) is 0 Å². The lowest BCUT2D eigenvalue weighted by molar-refractivity contribution is -0.376. The molecule has 336 valence electrons. The van der Waals surface area contributed by atoms with E-state index in [1.807, 2.05) is 0 Å². The maximum absolute atomic E-state index is 12.0. The normalized spacial score (nSPS) is 55.3. The monoisotopic (exact) mass is 840 g/mol. The second-order valence-electron chi connectivity index (χ2n) is 19.8. The average Bonchev–Trinajstić information content (AvgIpc) is 3.61. The van der Waals surface area contributed by atoms with Gasteiger partial charge in [0.15, 0.2) is 18.9 Å². The van der Waals surface area contributed by atoms with Crippen molar-refractivity contribution in [3.8, 4) is 0 Å². The predicted octanol–water partition coefficient (Wildman–Crippen LogP) is 0.653. The Morgan fingerprint density at radius 2 is 1.24 bits per heavy atom. The molecule has 16 nitrogen and oxygen atoms in total. The number of fused-ring (bicyclic) bond motifs is 6. The molecule has 3 saturated heterocycles. The molecule has 2 bridgehead atoms. The van der Waals surface area contributed by atoms with Gasteiger partial charge in [-0.25, -0.2) is 4.79 Å². The van der Waals surface area contributed by atoms with Crippen LogP contribution in [0.5, 0.6) is 0 Å². The molecule has 4 aliphatic carbocycles. The molecule has 0 amide bonds. The zero-order chi connectivity index (χ0) is 42.3. The van der Waals surface area contributed by atoms with Crippen LogP contribution in [-0.4, -0.2) is 158 Å². The third-order valence-electron chi connectivity index (χ3n) is 16.7. The van der Waals surface area contributed by atoms with Gasteiger partial charge in [0.2, 0.25) is 0 Å². The van der Waals surface area contributed by atoms with Crippen LogP contribution in [0.2, 0.25) is 0 Å². The maximum atomic E-state index is 12.0. The summed E-state index contributed by atoms with van der Waals surface area (Å²) in [6.45, 7) is 9.07. The van der Waals surface area contributed by atoms with Crippen LogP contribution in [0, 0.1) is 46.3 Å². The molecule has 4 saturated carbocycles. The second kappa shape index (κ2) is 17.0. The number of rotatable bonds is 8. The lowest BCUT2D eigenvalue weighted by Gasteiger charge is -2.57. The Balaban J connectivity index is 0.917. The molecule has 8 aliphatic rings.